The summed E-state index contributed by atoms with van der Waals surface area (Å²) in [4.78, 5) is 15.9. The fourth-order valence-corrected chi connectivity index (χ4v) is 2.26. The Bertz CT molecular complexity index is 400. The first kappa shape index (κ1) is 12.2. The van der Waals surface area contributed by atoms with Crippen molar-refractivity contribution in [3.63, 3.8) is 0 Å². The molecule has 94 valence electrons. The highest BCUT2D eigenvalue weighted by Crippen LogP contribution is 2.31. The molecule has 1 heterocycles. The van der Waals surface area contributed by atoms with Crippen LogP contribution in [0.2, 0.25) is 0 Å². The van der Waals surface area contributed by atoms with Crippen LogP contribution in [0.4, 0.5) is 0 Å². The zero-order valence-electron chi connectivity index (χ0n) is 10.5. The fourth-order valence-electron chi connectivity index (χ4n) is 2.26. The van der Waals surface area contributed by atoms with Crippen molar-refractivity contribution < 1.29 is 14.1 Å². The van der Waals surface area contributed by atoms with Gasteiger partial charge in [-0.2, -0.15) is 4.98 Å². The molecule has 0 aliphatic heterocycles. The second kappa shape index (κ2) is 4.96. The summed E-state index contributed by atoms with van der Waals surface area (Å²) < 4.78 is 10.5. The van der Waals surface area contributed by atoms with E-state index in [0.717, 1.165) is 12.8 Å². The highest BCUT2D eigenvalue weighted by atomic mass is 16.5. The van der Waals surface area contributed by atoms with E-state index in [9.17, 15) is 4.79 Å². The molecule has 2 atom stereocenters. The molecule has 1 fully saturated rings. The van der Waals surface area contributed by atoms with Crippen molar-refractivity contribution in [2.24, 2.45) is 5.92 Å². The molecule has 1 aromatic heterocycles. The van der Waals surface area contributed by atoms with Crippen molar-refractivity contribution in [3.8, 4) is 0 Å². The molecule has 2 unspecified atom stereocenters. The van der Waals surface area contributed by atoms with Gasteiger partial charge in [-0.15, -0.1) is 0 Å². The van der Waals surface area contributed by atoms with Crippen LogP contribution in [0.25, 0.3) is 0 Å². The van der Waals surface area contributed by atoms with Crippen LogP contribution in [0.15, 0.2) is 4.52 Å². The SMILES string of the molecule is COC(c1noc(C2CCCC2=O)n1)C(C)C. The van der Waals surface area contributed by atoms with Gasteiger partial charge in [-0.3, -0.25) is 4.79 Å². The third-order valence-corrected chi connectivity index (χ3v) is 3.17. The van der Waals surface area contributed by atoms with Crippen molar-refractivity contribution >= 4 is 5.78 Å². The topological polar surface area (TPSA) is 65.2 Å². The Morgan fingerprint density at radius 2 is 2.24 bits per heavy atom. The summed E-state index contributed by atoms with van der Waals surface area (Å²) in [6.07, 6.45) is 2.18. The lowest BCUT2D eigenvalue weighted by molar-refractivity contribution is -0.119. The van der Waals surface area contributed by atoms with Gasteiger partial charge < -0.3 is 9.26 Å². The smallest absolute Gasteiger partial charge is 0.237 e. The molecule has 0 radical (unpaired) electrons. The van der Waals surface area contributed by atoms with E-state index >= 15 is 0 Å². The number of hydrogen-bond acceptors (Lipinski definition) is 5. The molecule has 0 aromatic carbocycles. The van der Waals surface area contributed by atoms with Gasteiger partial charge in [-0.1, -0.05) is 19.0 Å². The summed E-state index contributed by atoms with van der Waals surface area (Å²) >= 11 is 0. The third kappa shape index (κ3) is 2.39. The molecule has 0 amide bonds. The number of aromatic nitrogens is 2. The molecule has 17 heavy (non-hydrogen) atoms. The van der Waals surface area contributed by atoms with Gasteiger partial charge in [0.05, 0.1) is 5.92 Å². The van der Waals surface area contributed by atoms with Crippen LogP contribution in [0.5, 0.6) is 0 Å². The number of methoxy groups -OCH3 is 1. The molecule has 0 N–H and O–H groups in total. The van der Waals surface area contributed by atoms with Gasteiger partial charge >= 0.3 is 0 Å². The minimum Gasteiger partial charge on any atom is -0.373 e. The predicted molar refractivity (Wildman–Crippen MR) is 60.5 cm³/mol. The van der Waals surface area contributed by atoms with Crippen LogP contribution in [0.1, 0.15) is 56.8 Å². The van der Waals surface area contributed by atoms with Gasteiger partial charge in [0, 0.05) is 13.5 Å². The summed E-state index contributed by atoms with van der Waals surface area (Å²) in [5, 5.41) is 3.92. The van der Waals surface area contributed by atoms with E-state index in [1.165, 1.54) is 0 Å². The highest BCUT2D eigenvalue weighted by molar-refractivity contribution is 5.86. The molecule has 1 aromatic rings. The lowest BCUT2D eigenvalue weighted by Crippen LogP contribution is -2.11. The summed E-state index contributed by atoms with van der Waals surface area (Å²) in [6, 6.07) is 0. The van der Waals surface area contributed by atoms with Crippen LogP contribution < -0.4 is 0 Å². The fraction of sp³-hybridized carbons (Fsp3) is 0.750. The number of carbonyl (C=O) groups excluding carboxylic acids is 1. The Labute approximate surface area is 101 Å². The summed E-state index contributed by atoms with van der Waals surface area (Å²) in [6.45, 7) is 4.07. The van der Waals surface area contributed by atoms with Crippen LogP contribution in [0, 0.1) is 5.92 Å². The minimum absolute atomic E-state index is 0.177. The Balaban J connectivity index is 2.17. The Kier molecular flexibility index (Phi) is 3.57. The number of hydrogen-bond donors (Lipinski definition) is 0. The van der Waals surface area contributed by atoms with E-state index in [1.807, 2.05) is 13.8 Å². The van der Waals surface area contributed by atoms with E-state index in [0.29, 0.717) is 18.1 Å². The number of ether oxygens (including phenoxy) is 1. The van der Waals surface area contributed by atoms with Crippen LogP contribution in [-0.2, 0) is 9.53 Å². The molecule has 1 saturated carbocycles. The molecule has 0 saturated heterocycles. The Hall–Kier alpha value is -1.23. The first-order chi connectivity index (χ1) is 8.13. The Morgan fingerprint density at radius 1 is 1.47 bits per heavy atom. The first-order valence-corrected chi connectivity index (χ1v) is 6.02. The van der Waals surface area contributed by atoms with Crippen molar-refractivity contribution in [2.45, 2.75) is 45.1 Å². The third-order valence-electron chi connectivity index (χ3n) is 3.17. The maximum Gasteiger partial charge on any atom is 0.237 e. The first-order valence-electron chi connectivity index (χ1n) is 6.02. The molecular weight excluding hydrogens is 220 g/mol. The molecule has 1 aliphatic carbocycles. The van der Waals surface area contributed by atoms with Crippen molar-refractivity contribution in [3.05, 3.63) is 11.7 Å². The maximum atomic E-state index is 11.6. The quantitative estimate of drug-likeness (QED) is 0.804. The Morgan fingerprint density at radius 3 is 2.76 bits per heavy atom. The van der Waals surface area contributed by atoms with Gasteiger partial charge in [0.1, 0.15) is 11.9 Å². The van der Waals surface area contributed by atoms with E-state index in [2.05, 4.69) is 10.1 Å². The van der Waals surface area contributed by atoms with E-state index in [-0.39, 0.29) is 23.7 Å². The standard InChI is InChI=1S/C12H18N2O3/c1-7(2)10(16-3)11-13-12(17-14-11)8-5-4-6-9(8)15/h7-8,10H,4-6H2,1-3H3. The average molecular weight is 238 g/mol. The predicted octanol–water partition coefficient (Wildman–Crippen LogP) is 2.25. The lowest BCUT2D eigenvalue weighted by atomic mass is 10.1. The molecule has 2 rings (SSSR count). The molecule has 0 bridgehead atoms. The minimum atomic E-state index is -0.194. The number of ketones is 1. The van der Waals surface area contributed by atoms with Crippen LogP contribution in [-0.4, -0.2) is 23.0 Å². The number of rotatable bonds is 4. The zero-order chi connectivity index (χ0) is 12.4. The molecule has 5 heteroatoms. The highest BCUT2D eigenvalue weighted by Gasteiger charge is 2.32. The van der Waals surface area contributed by atoms with E-state index < -0.39 is 0 Å². The van der Waals surface area contributed by atoms with Gasteiger partial charge in [0.15, 0.2) is 0 Å². The van der Waals surface area contributed by atoms with Crippen LogP contribution in [0.3, 0.4) is 0 Å². The van der Waals surface area contributed by atoms with Crippen molar-refractivity contribution in [2.75, 3.05) is 7.11 Å². The molecule has 5 nitrogen and oxygen atoms in total. The van der Waals surface area contributed by atoms with E-state index in [1.54, 1.807) is 7.11 Å². The second-order valence-corrected chi connectivity index (χ2v) is 4.80. The molecule has 0 spiro atoms. The monoisotopic (exact) mass is 238 g/mol. The second-order valence-electron chi connectivity index (χ2n) is 4.80. The van der Waals surface area contributed by atoms with Gasteiger partial charge in [-0.05, 0) is 18.8 Å². The largest absolute Gasteiger partial charge is 0.373 e. The number of nitrogens with zero attached hydrogens (tertiary/aromatic N) is 2. The molecular formula is C12H18N2O3. The molecule has 1 aliphatic rings. The maximum absolute atomic E-state index is 11.6. The van der Waals surface area contributed by atoms with Crippen molar-refractivity contribution in [1.29, 1.82) is 0 Å². The van der Waals surface area contributed by atoms with Gasteiger partial charge in [0.2, 0.25) is 11.7 Å². The normalized spacial score (nSPS) is 22.4. The summed E-state index contributed by atoms with van der Waals surface area (Å²) in [5.41, 5.74) is 0. The number of carbonyl (C=O) groups is 1. The zero-order valence-corrected chi connectivity index (χ0v) is 10.5. The van der Waals surface area contributed by atoms with Gasteiger partial charge in [-0.25, -0.2) is 0 Å². The van der Waals surface area contributed by atoms with Crippen molar-refractivity contribution in [1.82, 2.24) is 10.1 Å². The number of Topliss-reactive ketones (excluding diaryl/α,β-unsaturated/α-hetero) is 1. The van der Waals surface area contributed by atoms with Crippen LogP contribution >= 0.6 is 0 Å². The van der Waals surface area contributed by atoms with E-state index in [4.69, 9.17) is 9.26 Å². The van der Waals surface area contributed by atoms with Gasteiger partial charge in [0.25, 0.3) is 0 Å². The lowest BCUT2D eigenvalue weighted by Gasteiger charge is -2.14. The summed E-state index contributed by atoms with van der Waals surface area (Å²) in [7, 11) is 1.63. The average Bonchev–Trinajstić information content (AvgIpc) is 2.87. The summed E-state index contributed by atoms with van der Waals surface area (Å²) in [5.74, 6) is 1.27.